The van der Waals surface area contributed by atoms with E-state index in [-0.39, 0.29) is 0 Å². The van der Waals surface area contributed by atoms with Crippen LogP contribution in [-0.4, -0.2) is 11.0 Å². The summed E-state index contributed by atoms with van der Waals surface area (Å²) in [6.07, 6.45) is 8.60. The molecule has 2 aromatic rings. The van der Waals surface area contributed by atoms with Gasteiger partial charge in [0.15, 0.2) is 0 Å². The molecule has 1 N–H and O–H groups in total. The maximum absolute atomic E-state index is 4.34. The maximum Gasteiger partial charge on any atom is 0.0703 e. The lowest BCUT2D eigenvalue weighted by atomic mass is 9.95. The molecule has 1 aromatic heterocycles. The van der Waals surface area contributed by atoms with Gasteiger partial charge in [0, 0.05) is 23.3 Å². The summed E-state index contributed by atoms with van der Waals surface area (Å²) < 4.78 is 0. The molecule has 2 nitrogen and oxygen atoms in total. The van der Waals surface area contributed by atoms with E-state index in [1.54, 1.807) is 0 Å². The molecular formula is C15H18N2. The maximum atomic E-state index is 4.34. The molecule has 1 heterocycles. The molecule has 0 amide bonds. The normalized spacial score (nSPS) is 17.2. The van der Waals surface area contributed by atoms with Crippen molar-refractivity contribution in [1.82, 2.24) is 4.98 Å². The molecule has 0 saturated heterocycles. The molecule has 0 aliphatic heterocycles. The molecule has 1 aliphatic rings. The van der Waals surface area contributed by atoms with Gasteiger partial charge in [0.05, 0.1) is 5.52 Å². The minimum atomic E-state index is 0.665. The van der Waals surface area contributed by atoms with Gasteiger partial charge in [-0.3, -0.25) is 4.98 Å². The minimum Gasteiger partial charge on any atom is -0.382 e. The number of benzene rings is 1. The third-order valence-corrected chi connectivity index (χ3v) is 3.58. The summed E-state index contributed by atoms with van der Waals surface area (Å²) in [5, 5.41) is 4.86. The number of anilines is 1. The summed E-state index contributed by atoms with van der Waals surface area (Å²) in [7, 11) is 0. The molecule has 1 aliphatic carbocycles. The van der Waals surface area contributed by atoms with Crippen molar-refractivity contribution in [2.45, 2.75) is 38.1 Å². The van der Waals surface area contributed by atoms with Crippen LogP contribution in [0.3, 0.4) is 0 Å². The lowest BCUT2D eigenvalue weighted by Gasteiger charge is -2.23. The highest BCUT2D eigenvalue weighted by Crippen LogP contribution is 2.23. The number of hydrogen-bond donors (Lipinski definition) is 1. The van der Waals surface area contributed by atoms with Gasteiger partial charge in [-0.25, -0.2) is 0 Å². The molecule has 17 heavy (non-hydrogen) atoms. The van der Waals surface area contributed by atoms with Crippen molar-refractivity contribution in [3.63, 3.8) is 0 Å². The first-order valence-electron chi connectivity index (χ1n) is 6.53. The molecule has 88 valence electrons. The van der Waals surface area contributed by atoms with E-state index in [2.05, 4.69) is 34.6 Å². The first-order valence-corrected chi connectivity index (χ1v) is 6.53. The summed E-state index contributed by atoms with van der Waals surface area (Å²) in [4.78, 5) is 4.34. The summed E-state index contributed by atoms with van der Waals surface area (Å²) in [6, 6.07) is 11.2. The van der Waals surface area contributed by atoms with Crippen molar-refractivity contribution in [1.29, 1.82) is 0 Å². The SMILES string of the molecule is c1cnc2ccc(NC3CCCCC3)cc2c1. The van der Waals surface area contributed by atoms with Crippen LogP contribution in [0.2, 0.25) is 0 Å². The van der Waals surface area contributed by atoms with Crippen LogP contribution in [0.4, 0.5) is 5.69 Å². The van der Waals surface area contributed by atoms with E-state index < -0.39 is 0 Å². The Hall–Kier alpha value is -1.57. The fraction of sp³-hybridized carbons (Fsp3) is 0.400. The van der Waals surface area contributed by atoms with Gasteiger partial charge in [0.25, 0.3) is 0 Å². The molecule has 0 radical (unpaired) electrons. The average Bonchev–Trinajstić information content (AvgIpc) is 2.40. The van der Waals surface area contributed by atoms with E-state index in [0.717, 1.165) is 5.52 Å². The predicted octanol–water partition coefficient (Wildman–Crippen LogP) is 3.98. The Morgan fingerprint density at radius 2 is 1.94 bits per heavy atom. The highest BCUT2D eigenvalue weighted by Gasteiger charge is 2.12. The Kier molecular flexibility index (Phi) is 2.95. The van der Waals surface area contributed by atoms with Gasteiger partial charge in [-0.05, 0) is 37.1 Å². The Bertz CT molecular complexity index is 501. The third kappa shape index (κ3) is 2.41. The quantitative estimate of drug-likeness (QED) is 0.837. The lowest BCUT2D eigenvalue weighted by molar-refractivity contribution is 0.463. The molecule has 0 spiro atoms. The molecular weight excluding hydrogens is 208 g/mol. The number of nitrogens with zero attached hydrogens (tertiary/aromatic N) is 1. The number of aromatic nitrogens is 1. The van der Waals surface area contributed by atoms with Crippen molar-refractivity contribution >= 4 is 16.6 Å². The minimum absolute atomic E-state index is 0.665. The zero-order valence-electron chi connectivity index (χ0n) is 10.0. The monoisotopic (exact) mass is 226 g/mol. The molecule has 0 bridgehead atoms. The van der Waals surface area contributed by atoms with Crippen molar-refractivity contribution in [3.05, 3.63) is 36.5 Å². The predicted molar refractivity (Wildman–Crippen MR) is 72.2 cm³/mol. The molecule has 1 fully saturated rings. The highest BCUT2D eigenvalue weighted by atomic mass is 14.9. The van der Waals surface area contributed by atoms with Gasteiger partial charge < -0.3 is 5.32 Å². The van der Waals surface area contributed by atoms with E-state index >= 15 is 0 Å². The highest BCUT2D eigenvalue weighted by molar-refractivity contribution is 5.82. The molecule has 0 unspecified atom stereocenters. The number of rotatable bonds is 2. The second-order valence-corrected chi connectivity index (χ2v) is 4.89. The molecule has 1 aromatic carbocycles. The first kappa shape index (κ1) is 10.6. The van der Waals surface area contributed by atoms with E-state index in [9.17, 15) is 0 Å². The van der Waals surface area contributed by atoms with Gasteiger partial charge in [-0.2, -0.15) is 0 Å². The van der Waals surface area contributed by atoms with Crippen molar-refractivity contribution in [2.24, 2.45) is 0 Å². The van der Waals surface area contributed by atoms with Crippen molar-refractivity contribution < 1.29 is 0 Å². The summed E-state index contributed by atoms with van der Waals surface area (Å²) >= 11 is 0. The number of nitrogens with one attached hydrogen (secondary N) is 1. The topological polar surface area (TPSA) is 24.9 Å². The lowest BCUT2D eigenvalue weighted by Crippen LogP contribution is -2.22. The van der Waals surface area contributed by atoms with E-state index in [1.165, 1.54) is 43.2 Å². The van der Waals surface area contributed by atoms with Crippen LogP contribution in [0, 0.1) is 0 Å². The fourth-order valence-corrected chi connectivity index (χ4v) is 2.65. The fourth-order valence-electron chi connectivity index (χ4n) is 2.65. The van der Waals surface area contributed by atoms with Crippen LogP contribution in [-0.2, 0) is 0 Å². The van der Waals surface area contributed by atoms with Crippen LogP contribution >= 0.6 is 0 Å². The average molecular weight is 226 g/mol. The van der Waals surface area contributed by atoms with Gasteiger partial charge in [-0.1, -0.05) is 25.3 Å². The van der Waals surface area contributed by atoms with Crippen LogP contribution in [0.15, 0.2) is 36.5 Å². The largest absolute Gasteiger partial charge is 0.382 e. The Balaban J connectivity index is 1.80. The molecule has 0 atom stereocenters. The molecule has 1 saturated carbocycles. The second kappa shape index (κ2) is 4.74. The zero-order valence-corrected chi connectivity index (χ0v) is 10.0. The third-order valence-electron chi connectivity index (χ3n) is 3.58. The Morgan fingerprint density at radius 3 is 2.82 bits per heavy atom. The van der Waals surface area contributed by atoms with Crippen molar-refractivity contribution in [3.8, 4) is 0 Å². The number of pyridine rings is 1. The first-order chi connectivity index (χ1) is 8.42. The van der Waals surface area contributed by atoms with E-state index in [1.807, 2.05) is 12.3 Å². The van der Waals surface area contributed by atoms with Gasteiger partial charge in [-0.15, -0.1) is 0 Å². The van der Waals surface area contributed by atoms with Gasteiger partial charge in [0.2, 0.25) is 0 Å². The van der Waals surface area contributed by atoms with E-state index in [0.29, 0.717) is 6.04 Å². The summed E-state index contributed by atoms with van der Waals surface area (Å²) in [6.45, 7) is 0. The second-order valence-electron chi connectivity index (χ2n) is 4.89. The smallest absolute Gasteiger partial charge is 0.0703 e. The zero-order chi connectivity index (χ0) is 11.5. The van der Waals surface area contributed by atoms with Crippen molar-refractivity contribution in [2.75, 3.05) is 5.32 Å². The summed E-state index contributed by atoms with van der Waals surface area (Å²) in [5.41, 5.74) is 2.30. The van der Waals surface area contributed by atoms with E-state index in [4.69, 9.17) is 0 Å². The standard InChI is InChI=1S/C15H18N2/c1-2-6-13(7-3-1)17-14-8-9-15-12(11-14)5-4-10-16-15/h4-5,8-11,13,17H,1-3,6-7H2. The Morgan fingerprint density at radius 1 is 1.06 bits per heavy atom. The molecule has 3 rings (SSSR count). The number of hydrogen-bond acceptors (Lipinski definition) is 2. The Labute approximate surface area is 102 Å². The molecule has 2 heteroatoms. The van der Waals surface area contributed by atoms with Gasteiger partial charge in [0.1, 0.15) is 0 Å². The summed E-state index contributed by atoms with van der Waals surface area (Å²) in [5.74, 6) is 0. The van der Waals surface area contributed by atoms with Crippen LogP contribution in [0.1, 0.15) is 32.1 Å². The van der Waals surface area contributed by atoms with Crippen LogP contribution in [0.5, 0.6) is 0 Å². The van der Waals surface area contributed by atoms with Gasteiger partial charge >= 0.3 is 0 Å². The van der Waals surface area contributed by atoms with Crippen LogP contribution < -0.4 is 5.32 Å². The van der Waals surface area contributed by atoms with Crippen LogP contribution in [0.25, 0.3) is 10.9 Å². The number of fused-ring (bicyclic) bond motifs is 1.